The number of hydrogen-bond acceptors (Lipinski definition) is 6. The van der Waals surface area contributed by atoms with Gasteiger partial charge in [-0.25, -0.2) is 8.42 Å². The Bertz CT molecular complexity index is 1060. The average molecular weight is 446 g/mol. The number of sulfonamides is 1. The summed E-state index contributed by atoms with van der Waals surface area (Å²) in [5.74, 6) is -1.09. The molecular formula is C20H23N5O5S. The number of rotatable bonds is 8. The van der Waals surface area contributed by atoms with Gasteiger partial charge in [-0.15, -0.1) is 4.83 Å². The van der Waals surface area contributed by atoms with Crippen LogP contribution in [-0.4, -0.2) is 50.3 Å². The van der Waals surface area contributed by atoms with Gasteiger partial charge in [0.15, 0.2) is 0 Å². The van der Waals surface area contributed by atoms with Gasteiger partial charge in [-0.3, -0.25) is 20.0 Å². The first-order valence-electron chi connectivity index (χ1n) is 9.47. The Labute approximate surface area is 179 Å². The van der Waals surface area contributed by atoms with E-state index in [2.05, 4.69) is 10.1 Å². The van der Waals surface area contributed by atoms with Crippen LogP contribution in [0, 0.1) is 5.41 Å². The van der Waals surface area contributed by atoms with Crippen molar-refractivity contribution in [2.75, 3.05) is 13.2 Å². The molecule has 1 fully saturated rings. The molecule has 0 radical (unpaired) electrons. The number of amidine groups is 1. The summed E-state index contributed by atoms with van der Waals surface area (Å²) in [6.07, 6.45) is -1.33. The first kappa shape index (κ1) is 22.4. The Morgan fingerprint density at radius 2 is 1.84 bits per heavy atom. The van der Waals surface area contributed by atoms with Crippen LogP contribution in [0.4, 0.5) is 0 Å². The number of amides is 2. The minimum atomic E-state index is -3.93. The zero-order valence-corrected chi connectivity index (χ0v) is 17.4. The summed E-state index contributed by atoms with van der Waals surface area (Å²) in [6, 6.07) is 14.5. The third kappa shape index (κ3) is 5.87. The van der Waals surface area contributed by atoms with E-state index in [-0.39, 0.29) is 36.8 Å². The number of ether oxygens (including phenoxy) is 1. The molecule has 0 aromatic heterocycles. The minimum Gasteiger partial charge on any atom is -0.384 e. The summed E-state index contributed by atoms with van der Waals surface area (Å²) in [5, 5.41) is 11.0. The van der Waals surface area contributed by atoms with Gasteiger partial charge in [0.1, 0.15) is 11.9 Å². The van der Waals surface area contributed by atoms with Gasteiger partial charge < -0.3 is 15.8 Å². The number of hydrazine groups is 1. The maximum absolute atomic E-state index is 12.6. The topological polar surface area (TPSA) is 155 Å². The molecule has 10 nitrogen and oxygen atoms in total. The number of nitrogen functional groups attached to an aromatic ring is 1. The number of benzene rings is 2. The fourth-order valence-corrected chi connectivity index (χ4v) is 4.01. The molecule has 1 aliphatic rings. The van der Waals surface area contributed by atoms with Crippen LogP contribution < -0.4 is 15.9 Å². The van der Waals surface area contributed by atoms with E-state index in [0.29, 0.717) is 5.56 Å². The van der Waals surface area contributed by atoms with Crippen LogP contribution in [0.5, 0.6) is 0 Å². The van der Waals surface area contributed by atoms with E-state index in [9.17, 15) is 18.0 Å². The Morgan fingerprint density at radius 3 is 2.48 bits per heavy atom. The summed E-state index contributed by atoms with van der Waals surface area (Å²) in [6.45, 7) is 0.349. The Morgan fingerprint density at radius 1 is 1.16 bits per heavy atom. The van der Waals surface area contributed by atoms with Crippen molar-refractivity contribution in [3.05, 3.63) is 65.7 Å². The Kier molecular flexibility index (Phi) is 7.00. The maximum atomic E-state index is 12.6. The molecule has 0 bridgehead atoms. The number of nitrogens with two attached hydrogens (primary N) is 1. The monoisotopic (exact) mass is 445 g/mol. The van der Waals surface area contributed by atoms with Gasteiger partial charge in [0.05, 0.1) is 24.5 Å². The molecule has 2 aromatic carbocycles. The quantitative estimate of drug-likeness (QED) is 0.334. The molecule has 5 N–H and O–H groups in total. The zero-order chi connectivity index (χ0) is 22.4. The van der Waals surface area contributed by atoms with Gasteiger partial charge in [0.2, 0.25) is 5.91 Å². The first-order chi connectivity index (χ1) is 14.8. The fraction of sp³-hybridized carbons (Fsp3) is 0.250. The number of carbonyl (C=O) groups excluding carboxylic acids is 2. The lowest BCUT2D eigenvalue weighted by Gasteiger charge is -2.31. The highest BCUT2D eigenvalue weighted by Crippen LogP contribution is 2.13. The lowest BCUT2D eigenvalue weighted by molar-refractivity contribution is -0.157. The lowest BCUT2D eigenvalue weighted by atomic mass is 10.1. The van der Waals surface area contributed by atoms with Crippen molar-refractivity contribution >= 4 is 27.7 Å². The molecule has 1 atom stereocenters. The summed E-state index contributed by atoms with van der Waals surface area (Å²) in [4.78, 5) is 27.2. The van der Waals surface area contributed by atoms with Crippen LogP contribution in [0.2, 0.25) is 0 Å². The highest BCUT2D eigenvalue weighted by Gasteiger charge is 2.34. The molecule has 11 heteroatoms. The average Bonchev–Trinajstić information content (AvgIpc) is 2.76. The highest BCUT2D eigenvalue weighted by molar-refractivity contribution is 7.89. The van der Waals surface area contributed by atoms with E-state index in [4.69, 9.17) is 15.9 Å². The predicted molar refractivity (Wildman–Crippen MR) is 112 cm³/mol. The third-order valence-corrected chi connectivity index (χ3v) is 5.94. The summed E-state index contributed by atoms with van der Waals surface area (Å²) >= 11 is 0. The standard InChI is InChI=1S/C20H23N5O5S/c21-19(22)15-8-6-14(7-9-15)13-23-18(26)12-17-20(27)25(10-11-30-17)24-31(28,29)16-4-2-1-3-5-16/h1-9,17,24H,10-13H2,(H3,21,22)(H,23,26)/t17-/m1/s1. The lowest BCUT2D eigenvalue weighted by Crippen LogP contribution is -2.56. The van der Waals surface area contributed by atoms with Crippen molar-refractivity contribution in [1.29, 1.82) is 5.41 Å². The SMILES string of the molecule is N=C(N)c1ccc(CNC(=O)C[C@H]2OCCN(NS(=O)(=O)c3ccccc3)C2=O)cc1. The van der Waals surface area contributed by atoms with E-state index in [1.54, 1.807) is 42.5 Å². The van der Waals surface area contributed by atoms with E-state index in [1.165, 1.54) is 12.1 Å². The maximum Gasteiger partial charge on any atom is 0.267 e. The number of nitrogens with zero attached hydrogens (tertiary/aromatic N) is 1. The van der Waals surface area contributed by atoms with Crippen LogP contribution >= 0.6 is 0 Å². The molecule has 2 amide bonds. The first-order valence-corrected chi connectivity index (χ1v) is 10.9. The molecular weight excluding hydrogens is 422 g/mol. The van der Waals surface area contributed by atoms with Crippen molar-refractivity contribution in [2.24, 2.45) is 5.73 Å². The van der Waals surface area contributed by atoms with Gasteiger partial charge in [0, 0.05) is 12.1 Å². The van der Waals surface area contributed by atoms with Crippen LogP contribution in [0.15, 0.2) is 59.5 Å². The summed E-state index contributed by atoms with van der Waals surface area (Å²) in [5.41, 5.74) is 6.78. The van der Waals surface area contributed by atoms with Crippen molar-refractivity contribution < 1.29 is 22.7 Å². The third-order valence-electron chi connectivity index (χ3n) is 4.58. The second-order valence-corrected chi connectivity index (χ2v) is 8.51. The zero-order valence-electron chi connectivity index (χ0n) is 16.6. The van der Waals surface area contributed by atoms with Gasteiger partial charge in [-0.1, -0.05) is 42.5 Å². The van der Waals surface area contributed by atoms with Crippen molar-refractivity contribution in [3.8, 4) is 0 Å². The van der Waals surface area contributed by atoms with Crippen molar-refractivity contribution in [2.45, 2.75) is 24.0 Å². The second-order valence-electron chi connectivity index (χ2n) is 6.85. The number of morpholine rings is 1. The van der Waals surface area contributed by atoms with Gasteiger partial charge in [-0.2, -0.15) is 0 Å². The molecule has 164 valence electrons. The van der Waals surface area contributed by atoms with Crippen LogP contribution in [0.3, 0.4) is 0 Å². The van der Waals surface area contributed by atoms with Crippen molar-refractivity contribution in [3.63, 3.8) is 0 Å². The molecule has 0 aliphatic carbocycles. The molecule has 1 aliphatic heterocycles. The number of carbonyl (C=O) groups is 2. The normalized spacial score (nSPS) is 16.7. The molecule has 0 unspecified atom stereocenters. The largest absolute Gasteiger partial charge is 0.384 e. The molecule has 0 saturated carbocycles. The fourth-order valence-electron chi connectivity index (χ4n) is 2.92. The molecule has 1 heterocycles. The van der Waals surface area contributed by atoms with E-state index >= 15 is 0 Å². The second kappa shape index (κ2) is 9.69. The molecule has 0 spiro atoms. The molecule has 1 saturated heterocycles. The molecule has 2 aromatic rings. The Hall–Kier alpha value is -3.28. The van der Waals surface area contributed by atoms with Gasteiger partial charge >= 0.3 is 0 Å². The smallest absolute Gasteiger partial charge is 0.267 e. The van der Waals surface area contributed by atoms with E-state index in [0.717, 1.165) is 10.6 Å². The molecule has 31 heavy (non-hydrogen) atoms. The van der Waals surface area contributed by atoms with Gasteiger partial charge in [0.25, 0.3) is 15.9 Å². The van der Waals surface area contributed by atoms with E-state index < -0.39 is 27.9 Å². The molecule has 3 rings (SSSR count). The number of hydrogen-bond donors (Lipinski definition) is 4. The van der Waals surface area contributed by atoms with Crippen LogP contribution in [0.25, 0.3) is 0 Å². The summed E-state index contributed by atoms with van der Waals surface area (Å²) in [7, 11) is -3.93. The van der Waals surface area contributed by atoms with Crippen molar-refractivity contribution in [1.82, 2.24) is 15.2 Å². The highest BCUT2D eigenvalue weighted by atomic mass is 32.2. The number of nitrogens with one attached hydrogen (secondary N) is 3. The Balaban J connectivity index is 1.54. The van der Waals surface area contributed by atoms with Crippen LogP contribution in [0.1, 0.15) is 17.5 Å². The minimum absolute atomic E-state index is 0.0272. The van der Waals surface area contributed by atoms with Gasteiger partial charge in [-0.05, 0) is 17.7 Å². The predicted octanol–water partition coefficient (Wildman–Crippen LogP) is 0.0979. The van der Waals surface area contributed by atoms with Crippen LogP contribution in [-0.2, 0) is 30.9 Å². The summed E-state index contributed by atoms with van der Waals surface area (Å²) < 4.78 is 30.3. The van der Waals surface area contributed by atoms with E-state index in [1.807, 2.05) is 0 Å².